The topological polar surface area (TPSA) is 79.7 Å². The van der Waals surface area contributed by atoms with E-state index in [4.69, 9.17) is 16.3 Å². The number of aliphatic hydroxyl groups is 1. The number of rotatable bonds is 4. The molecule has 7 heteroatoms. The second kappa shape index (κ2) is 8.00. The third-order valence-electron chi connectivity index (χ3n) is 4.93. The van der Waals surface area contributed by atoms with Crippen LogP contribution in [0.15, 0.2) is 78.6 Å². The van der Waals surface area contributed by atoms with Gasteiger partial charge in [0, 0.05) is 28.7 Å². The van der Waals surface area contributed by atoms with Crippen LogP contribution in [0.4, 0.5) is 5.69 Å². The second-order valence-electron chi connectivity index (χ2n) is 6.65. The molecule has 1 aromatic heterocycles. The number of carbonyl (C=O) groups excluding carboxylic acids is 2. The molecule has 0 radical (unpaired) electrons. The van der Waals surface area contributed by atoms with Crippen molar-refractivity contribution in [2.75, 3.05) is 12.0 Å². The first-order valence-electron chi connectivity index (χ1n) is 9.12. The Morgan fingerprint density at radius 1 is 1.00 bits per heavy atom. The van der Waals surface area contributed by atoms with Gasteiger partial charge >= 0.3 is 0 Å². The molecule has 1 N–H and O–H groups in total. The number of ether oxygens (including phenoxy) is 1. The standard InChI is InChI=1S/C23H17ClN2O4/c1-30-18-8-4-14(5-9-18)20-19(21(27)15-2-6-16(24)7-3-15)22(28)23(29)26(20)17-10-12-25-13-11-17/h2-13,20,27H,1H3/b21-19-. The first-order valence-corrected chi connectivity index (χ1v) is 9.50. The summed E-state index contributed by atoms with van der Waals surface area (Å²) in [5.41, 5.74) is 1.56. The Labute approximate surface area is 178 Å². The maximum Gasteiger partial charge on any atom is 0.300 e. The summed E-state index contributed by atoms with van der Waals surface area (Å²) < 4.78 is 5.21. The minimum absolute atomic E-state index is 0.00398. The van der Waals surface area contributed by atoms with Gasteiger partial charge in [0.2, 0.25) is 0 Å². The van der Waals surface area contributed by atoms with Crippen LogP contribution in [-0.4, -0.2) is 28.9 Å². The van der Waals surface area contributed by atoms with Gasteiger partial charge in [-0.05, 0) is 54.1 Å². The average Bonchev–Trinajstić information content (AvgIpc) is 3.05. The zero-order valence-corrected chi connectivity index (χ0v) is 16.7. The van der Waals surface area contributed by atoms with E-state index in [-0.39, 0.29) is 11.3 Å². The third-order valence-corrected chi connectivity index (χ3v) is 5.19. The summed E-state index contributed by atoms with van der Waals surface area (Å²) in [6, 6.07) is 15.9. The number of halogens is 1. The number of methoxy groups -OCH3 is 1. The molecule has 1 aliphatic rings. The second-order valence-corrected chi connectivity index (χ2v) is 7.09. The van der Waals surface area contributed by atoms with E-state index in [1.807, 2.05) is 0 Å². The lowest BCUT2D eigenvalue weighted by molar-refractivity contribution is -0.132. The summed E-state index contributed by atoms with van der Waals surface area (Å²) in [6.07, 6.45) is 3.08. The van der Waals surface area contributed by atoms with Crippen LogP contribution in [0.25, 0.3) is 5.76 Å². The molecule has 0 bridgehead atoms. The molecule has 1 fully saturated rings. The summed E-state index contributed by atoms with van der Waals surface area (Å²) in [5.74, 6) is -1.11. The first-order chi connectivity index (χ1) is 14.5. The number of aromatic nitrogens is 1. The molecular weight excluding hydrogens is 404 g/mol. The van der Waals surface area contributed by atoms with E-state index in [9.17, 15) is 14.7 Å². The molecule has 0 saturated carbocycles. The van der Waals surface area contributed by atoms with Gasteiger partial charge in [-0.25, -0.2) is 0 Å². The first kappa shape index (κ1) is 19.7. The van der Waals surface area contributed by atoms with Gasteiger partial charge in [-0.15, -0.1) is 0 Å². The van der Waals surface area contributed by atoms with Crippen molar-refractivity contribution < 1.29 is 19.4 Å². The Balaban J connectivity index is 1.92. The van der Waals surface area contributed by atoms with Crippen LogP contribution in [0.1, 0.15) is 17.2 Å². The van der Waals surface area contributed by atoms with Crippen molar-refractivity contribution in [3.05, 3.63) is 94.8 Å². The van der Waals surface area contributed by atoms with E-state index in [2.05, 4.69) is 4.98 Å². The molecule has 2 aromatic carbocycles. The number of carbonyl (C=O) groups is 2. The van der Waals surface area contributed by atoms with Gasteiger partial charge in [0.25, 0.3) is 11.7 Å². The average molecular weight is 421 g/mol. The van der Waals surface area contributed by atoms with E-state index >= 15 is 0 Å². The van der Waals surface area contributed by atoms with Gasteiger partial charge < -0.3 is 9.84 Å². The highest BCUT2D eigenvalue weighted by atomic mass is 35.5. The zero-order valence-electron chi connectivity index (χ0n) is 15.9. The fourth-order valence-corrected chi connectivity index (χ4v) is 3.59. The van der Waals surface area contributed by atoms with E-state index < -0.39 is 17.7 Å². The number of hydrogen-bond acceptors (Lipinski definition) is 5. The van der Waals surface area contributed by atoms with Crippen molar-refractivity contribution in [2.45, 2.75) is 6.04 Å². The molecule has 6 nitrogen and oxygen atoms in total. The molecule has 0 aliphatic carbocycles. The van der Waals surface area contributed by atoms with Crippen LogP contribution in [0.5, 0.6) is 5.75 Å². The van der Waals surface area contributed by atoms with Gasteiger partial charge in [0.05, 0.1) is 18.7 Å². The summed E-state index contributed by atoms with van der Waals surface area (Å²) in [6.45, 7) is 0. The van der Waals surface area contributed by atoms with Crippen LogP contribution < -0.4 is 9.64 Å². The molecule has 1 aliphatic heterocycles. The SMILES string of the molecule is COc1ccc(C2/C(=C(/O)c3ccc(Cl)cc3)C(=O)C(=O)N2c2ccncc2)cc1. The van der Waals surface area contributed by atoms with Crippen molar-refractivity contribution >= 4 is 34.7 Å². The Bertz CT molecular complexity index is 1130. The lowest BCUT2D eigenvalue weighted by Crippen LogP contribution is -2.29. The summed E-state index contributed by atoms with van der Waals surface area (Å²) >= 11 is 5.94. The molecule has 1 unspecified atom stereocenters. The van der Waals surface area contributed by atoms with Gasteiger partial charge in [0.1, 0.15) is 11.5 Å². The minimum Gasteiger partial charge on any atom is -0.507 e. The van der Waals surface area contributed by atoms with Crippen molar-refractivity contribution in [1.29, 1.82) is 0 Å². The van der Waals surface area contributed by atoms with Crippen LogP contribution in [0.2, 0.25) is 5.02 Å². The van der Waals surface area contributed by atoms with E-state index in [1.54, 1.807) is 80.2 Å². The molecule has 0 spiro atoms. The predicted octanol–water partition coefficient (Wildman–Crippen LogP) is 4.37. The number of aliphatic hydroxyl groups excluding tert-OH is 1. The summed E-state index contributed by atoms with van der Waals surface area (Å²) in [7, 11) is 1.55. The number of benzene rings is 2. The maximum absolute atomic E-state index is 13.0. The highest BCUT2D eigenvalue weighted by molar-refractivity contribution is 6.51. The Morgan fingerprint density at radius 2 is 1.63 bits per heavy atom. The molecule has 2 heterocycles. The number of anilines is 1. The highest BCUT2D eigenvalue weighted by Crippen LogP contribution is 2.42. The zero-order chi connectivity index (χ0) is 21.3. The maximum atomic E-state index is 13.0. The lowest BCUT2D eigenvalue weighted by atomic mass is 9.95. The van der Waals surface area contributed by atoms with Gasteiger partial charge in [0.15, 0.2) is 0 Å². The quantitative estimate of drug-likeness (QED) is 0.385. The molecular formula is C23H17ClN2O4. The smallest absolute Gasteiger partial charge is 0.300 e. The van der Waals surface area contributed by atoms with Crippen LogP contribution >= 0.6 is 11.6 Å². The van der Waals surface area contributed by atoms with Crippen molar-refractivity contribution in [3.63, 3.8) is 0 Å². The monoisotopic (exact) mass is 420 g/mol. The number of ketones is 1. The normalized spacial score (nSPS) is 17.9. The van der Waals surface area contributed by atoms with Crippen molar-refractivity contribution in [2.24, 2.45) is 0 Å². The van der Waals surface area contributed by atoms with E-state index in [0.717, 1.165) is 0 Å². The molecule has 1 amide bonds. The Hall–Kier alpha value is -3.64. The third kappa shape index (κ3) is 3.42. The number of amides is 1. The van der Waals surface area contributed by atoms with Crippen LogP contribution in [0, 0.1) is 0 Å². The number of hydrogen-bond donors (Lipinski definition) is 1. The van der Waals surface area contributed by atoms with Crippen molar-refractivity contribution in [3.8, 4) is 5.75 Å². The summed E-state index contributed by atoms with van der Waals surface area (Å²) in [5, 5.41) is 11.5. The van der Waals surface area contributed by atoms with Gasteiger partial charge in [-0.1, -0.05) is 23.7 Å². The molecule has 150 valence electrons. The fraction of sp³-hybridized carbons (Fsp3) is 0.0870. The van der Waals surface area contributed by atoms with E-state index in [0.29, 0.717) is 27.6 Å². The number of pyridine rings is 1. The lowest BCUT2D eigenvalue weighted by Gasteiger charge is -2.25. The molecule has 1 atom stereocenters. The molecule has 1 saturated heterocycles. The fourth-order valence-electron chi connectivity index (χ4n) is 3.47. The molecule has 4 rings (SSSR count). The summed E-state index contributed by atoms with van der Waals surface area (Å²) in [4.78, 5) is 31.3. The van der Waals surface area contributed by atoms with Crippen LogP contribution in [-0.2, 0) is 9.59 Å². The van der Waals surface area contributed by atoms with Crippen molar-refractivity contribution in [1.82, 2.24) is 4.98 Å². The minimum atomic E-state index is -0.811. The number of Topliss-reactive ketones (excluding diaryl/α,β-unsaturated/α-hetero) is 1. The molecule has 30 heavy (non-hydrogen) atoms. The van der Waals surface area contributed by atoms with Gasteiger partial charge in [-0.3, -0.25) is 19.5 Å². The van der Waals surface area contributed by atoms with Crippen LogP contribution in [0.3, 0.4) is 0 Å². The Morgan fingerprint density at radius 3 is 2.23 bits per heavy atom. The largest absolute Gasteiger partial charge is 0.507 e. The van der Waals surface area contributed by atoms with Gasteiger partial charge in [-0.2, -0.15) is 0 Å². The predicted molar refractivity (Wildman–Crippen MR) is 113 cm³/mol. The van der Waals surface area contributed by atoms with E-state index in [1.165, 1.54) is 4.90 Å². The molecule has 3 aromatic rings. The highest BCUT2D eigenvalue weighted by Gasteiger charge is 2.46. The Kier molecular flexibility index (Phi) is 5.25. The number of nitrogens with zero attached hydrogens (tertiary/aromatic N) is 2.